The van der Waals surface area contributed by atoms with Crippen LogP contribution in [0.25, 0.3) is 0 Å². The van der Waals surface area contributed by atoms with E-state index in [1.807, 2.05) is 0 Å². The van der Waals surface area contributed by atoms with Crippen LogP contribution in [0.15, 0.2) is 4.99 Å². The number of nitrogens with one attached hydrogen (secondary N) is 2. The standard InChI is InChI=1S/C20H41N5/c1-3-21-20(23-13-18-24-14-7-4-8-15-24)22-12-6-10-17-25-16-9-5-11-19(25)2/h19H,3-18H2,1-2H3,(H2,21,22,23). The lowest BCUT2D eigenvalue weighted by Gasteiger charge is -2.33. The maximum Gasteiger partial charge on any atom is 0.191 e. The molecule has 146 valence electrons. The molecule has 2 aliphatic heterocycles. The third kappa shape index (κ3) is 8.41. The Labute approximate surface area is 155 Å². The molecule has 0 aromatic rings. The number of piperidine rings is 2. The molecular weight excluding hydrogens is 310 g/mol. The van der Waals surface area contributed by atoms with Crippen molar-refractivity contribution in [3.63, 3.8) is 0 Å². The molecule has 0 amide bonds. The van der Waals surface area contributed by atoms with Gasteiger partial charge in [-0.1, -0.05) is 12.8 Å². The zero-order valence-electron chi connectivity index (χ0n) is 16.7. The van der Waals surface area contributed by atoms with E-state index in [2.05, 4.69) is 34.3 Å². The maximum atomic E-state index is 4.76. The summed E-state index contributed by atoms with van der Waals surface area (Å²) >= 11 is 0. The number of unbranched alkanes of at least 4 members (excludes halogenated alkanes) is 1. The van der Waals surface area contributed by atoms with Crippen molar-refractivity contribution in [3.05, 3.63) is 0 Å². The van der Waals surface area contributed by atoms with Crippen molar-refractivity contribution in [1.29, 1.82) is 0 Å². The van der Waals surface area contributed by atoms with Crippen molar-refractivity contribution >= 4 is 5.96 Å². The van der Waals surface area contributed by atoms with E-state index in [0.717, 1.165) is 38.2 Å². The monoisotopic (exact) mass is 351 g/mol. The number of guanidine groups is 1. The van der Waals surface area contributed by atoms with E-state index < -0.39 is 0 Å². The molecule has 2 heterocycles. The van der Waals surface area contributed by atoms with Crippen LogP contribution in [0.3, 0.4) is 0 Å². The Bertz CT molecular complexity index is 365. The Kier molecular flexibility index (Phi) is 10.3. The molecule has 2 fully saturated rings. The Hall–Kier alpha value is -0.810. The van der Waals surface area contributed by atoms with Gasteiger partial charge in [-0.25, -0.2) is 0 Å². The molecule has 2 N–H and O–H groups in total. The molecule has 5 heteroatoms. The van der Waals surface area contributed by atoms with Crippen LogP contribution in [0, 0.1) is 0 Å². The molecule has 2 aliphatic rings. The molecule has 1 unspecified atom stereocenters. The van der Waals surface area contributed by atoms with Crippen LogP contribution in [0.4, 0.5) is 0 Å². The molecule has 5 nitrogen and oxygen atoms in total. The highest BCUT2D eigenvalue weighted by Crippen LogP contribution is 2.16. The second-order valence-corrected chi connectivity index (χ2v) is 7.68. The van der Waals surface area contributed by atoms with E-state index in [1.165, 1.54) is 77.5 Å². The molecule has 0 saturated carbocycles. The predicted octanol–water partition coefficient (Wildman–Crippen LogP) is 2.68. The molecule has 25 heavy (non-hydrogen) atoms. The smallest absolute Gasteiger partial charge is 0.191 e. The van der Waals surface area contributed by atoms with E-state index in [0.29, 0.717) is 0 Å². The van der Waals surface area contributed by atoms with Gasteiger partial charge in [-0.3, -0.25) is 4.99 Å². The van der Waals surface area contributed by atoms with Gasteiger partial charge in [0.05, 0.1) is 0 Å². The van der Waals surface area contributed by atoms with Gasteiger partial charge < -0.3 is 20.4 Å². The van der Waals surface area contributed by atoms with Crippen LogP contribution in [-0.2, 0) is 0 Å². The minimum absolute atomic E-state index is 0.783. The van der Waals surface area contributed by atoms with Gasteiger partial charge in [0.2, 0.25) is 0 Å². The van der Waals surface area contributed by atoms with Crippen LogP contribution in [-0.4, -0.2) is 74.2 Å². The fraction of sp³-hybridized carbons (Fsp3) is 0.950. The van der Waals surface area contributed by atoms with E-state index in [1.54, 1.807) is 0 Å². The summed E-state index contributed by atoms with van der Waals surface area (Å²) < 4.78 is 0. The molecule has 2 rings (SSSR count). The minimum Gasteiger partial charge on any atom is -0.357 e. The van der Waals surface area contributed by atoms with Gasteiger partial charge in [0, 0.05) is 32.2 Å². The summed E-state index contributed by atoms with van der Waals surface area (Å²) in [6, 6.07) is 0.783. The maximum absolute atomic E-state index is 4.76. The van der Waals surface area contributed by atoms with Crippen LogP contribution < -0.4 is 10.6 Å². The number of rotatable bonds is 9. The highest BCUT2D eigenvalue weighted by molar-refractivity contribution is 5.79. The average Bonchev–Trinajstić information content (AvgIpc) is 2.64. The van der Waals surface area contributed by atoms with Crippen LogP contribution in [0.1, 0.15) is 65.2 Å². The summed E-state index contributed by atoms with van der Waals surface area (Å²) in [7, 11) is 0. The fourth-order valence-electron chi connectivity index (χ4n) is 3.96. The van der Waals surface area contributed by atoms with Gasteiger partial charge in [0.15, 0.2) is 5.96 Å². The molecule has 0 bridgehead atoms. The topological polar surface area (TPSA) is 42.9 Å². The average molecular weight is 352 g/mol. The molecule has 2 saturated heterocycles. The number of hydrogen-bond acceptors (Lipinski definition) is 3. The lowest BCUT2D eigenvalue weighted by Crippen LogP contribution is -2.42. The zero-order chi connectivity index (χ0) is 17.7. The Morgan fingerprint density at radius 3 is 2.52 bits per heavy atom. The molecule has 0 aliphatic carbocycles. The normalized spacial score (nSPS) is 23.6. The van der Waals surface area contributed by atoms with Gasteiger partial charge in [0.25, 0.3) is 0 Å². The van der Waals surface area contributed by atoms with Crippen molar-refractivity contribution in [2.75, 3.05) is 52.4 Å². The Morgan fingerprint density at radius 1 is 0.960 bits per heavy atom. The highest BCUT2D eigenvalue weighted by atomic mass is 15.2. The number of hydrogen-bond donors (Lipinski definition) is 2. The molecule has 0 aromatic heterocycles. The molecule has 0 aromatic carbocycles. The first kappa shape index (κ1) is 20.5. The van der Waals surface area contributed by atoms with Gasteiger partial charge in [-0.05, 0) is 78.6 Å². The lowest BCUT2D eigenvalue weighted by atomic mass is 10.0. The van der Waals surface area contributed by atoms with Gasteiger partial charge in [-0.15, -0.1) is 0 Å². The van der Waals surface area contributed by atoms with E-state index in [4.69, 9.17) is 4.99 Å². The minimum atomic E-state index is 0.783. The third-order valence-corrected chi connectivity index (χ3v) is 5.58. The SMILES string of the molecule is CCNC(=NCCCCN1CCCCC1C)NCCN1CCCCC1. The number of nitrogens with zero attached hydrogens (tertiary/aromatic N) is 3. The molecule has 1 atom stereocenters. The third-order valence-electron chi connectivity index (χ3n) is 5.58. The first-order valence-corrected chi connectivity index (χ1v) is 10.8. The van der Waals surface area contributed by atoms with Crippen LogP contribution in [0.2, 0.25) is 0 Å². The Morgan fingerprint density at radius 2 is 1.76 bits per heavy atom. The van der Waals surface area contributed by atoms with E-state index in [-0.39, 0.29) is 0 Å². The Balaban J connectivity index is 1.57. The first-order valence-electron chi connectivity index (χ1n) is 10.8. The second-order valence-electron chi connectivity index (χ2n) is 7.68. The van der Waals surface area contributed by atoms with Crippen LogP contribution >= 0.6 is 0 Å². The fourth-order valence-corrected chi connectivity index (χ4v) is 3.96. The largest absolute Gasteiger partial charge is 0.357 e. The number of likely N-dealkylation sites (tertiary alicyclic amines) is 2. The van der Waals surface area contributed by atoms with Crippen molar-refractivity contribution in [2.24, 2.45) is 4.99 Å². The van der Waals surface area contributed by atoms with E-state index >= 15 is 0 Å². The summed E-state index contributed by atoms with van der Waals surface area (Å²) in [6.07, 6.45) is 10.8. The molecule has 0 spiro atoms. The van der Waals surface area contributed by atoms with Crippen molar-refractivity contribution in [1.82, 2.24) is 20.4 Å². The van der Waals surface area contributed by atoms with Gasteiger partial charge >= 0.3 is 0 Å². The second kappa shape index (κ2) is 12.5. The van der Waals surface area contributed by atoms with Crippen molar-refractivity contribution in [2.45, 2.75) is 71.3 Å². The number of aliphatic imine (C=N–C) groups is 1. The lowest BCUT2D eigenvalue weighted by molar-refractivity contribution is 0.158. The summed E-state index contributed by atoms with van der Waals surface area (Å²) in [6.45, 7) is 13.6. The van der Waals surface area contributed by atoms with Gasteiger partial charge in [0.1, 0.15) is 0 Å². The quantitative estimate of drug-likeness (QED) is 0.381. The zero-order valence-corrected chi connectivity index (χ0v) is 16.7. The summed E-state index contributed by atoms with van der Waals surface area (Å²) in [4.78, 5) is 9.99. The molecule has 0 radical (unpaired) electrons. The highest BCUT2D eigenvalue weighted by Gasteiger charge is 2.16. The van der Waals surface area contributed by atoms with Crippen LogP contribution in [0.5, 0.6) is 0 Å². The molecular formula is C20H41N5. The first-order chi connectivity index (χ1) is 12.3. The summed E-state index contributed by atoms with van der Waals surface area (Å²) in [5.74, 6) is 0.992. The predicted molar refractivity (Wildman–Crippen MR) is 108 cm³/mol. The van der Waals surface area contributed by atoms with E-state index in [9.17, 15) is 0 Å². The van der Waals surface area contributed by atoms with Crippen molar-refractivity contribution in [3.8, 4) is 0 Å². The summed E-state index contributed by atoms with van der Waals surface area (Å²) in [5, 5.41) is 6.88. The van der Waals surface area contributed by atoms with Crippen molar-refractivity contribution < 1.29 is 0 Å². The summed E-state index contributed by atoms with van der Waals surface area (Å²) in [5.41, 5.74) is 0. The van der Waals surface area contributed by atoms with Gasteiger partial charge in [-0.2, -0.15) is 0 Å².